The van der Waals surface area contributed by atoms with E-state index in [9.17, 15) is 9.59 Å². The van der Waals surface area contributed by atoms with Gasteiger partial charge >= 0.3 is 0 Å². The number of unbranched alkanes of at least 4 members (excludes halogenated alkanes) is 1. The van der Waals surface area contributed by atoms with E-state index in [1.54, 1.807) is 12.1 Å². The monoisotopic (exact) mass is 459 g/mol. The lowest BCUT2D eigenvalue weighted by atomic mass is 9.96. The minimum absolute atomic E-state index is 0.119. The van der Waals surface area contributed by atoms with Crippen molar-refractivity contribution in [2.45, 2.75) is 45.1 Å². The van der Waals surface area contributed by atoms with Crippen molar-refractivity contribution in [2.24, 2.45) is 5.92 Å². The maximum atomic E-state index is 13.4. The van der Waals surface area contributed by atoms with Crippen molar-refractivity contribution in [3.63, 3.8) is 0 Å². The Balaban J connectivity index is 1.54. The van der Waals surface area contributed by atoms with Gasteiger partial charge in [-0.1, -0.05) is 37.4 Å². The second kappa shape index (κ2) is 9.72. The normalized spacial score (nSPS) is 21.8. The number of amides is 2. The minimum atomic E-state index is -0.197. The summed E-state index contributed by atoms with van der Waals surface area (Å²) in [6.07, 6.45) is 4.83. The van der Waals surface area contributed by atoms with Crippen molar-refractivity contribution in [1.82, 2.24) is 10.2 Å². The number of carbonyl (C=O) groups excluding carboxylic acids is 2. The largest absolute Gasteiger partial charge is 0.346 e. The molecule has 1 N–H and O–H groups in total. The van der Waals surface area contributed by atoms with Gasteiger partial charge in [-0.25, -0.2) is 0 Å². The van der Waals surface area contributed by atoms with Crippen LogP contribution < -0.4 is 10.2 Å². The third-order valence-corrected chi connectivity index (χ3v) is 7.69. The van der Waals surface area contributed by atoms with Crippen molar-refractivity contribution in [3.05, 3.63) is 50.7 Å². The molecule has 31 heavy (non-hydrogen) atoms. The molecule has 2 aliphatic heterocycles. The number of halogens is 1. The predicted octanol–water partition coefficient (Wildman–Crippen LogP) is 4.38. The zero-order valence-corrected chi connectivity index (χ0v) is 19.8. The molecule has 7 heteroatoms. The Morgan fingerprint density at radius 1 is 1.19 bits per heavy atom. The van der Waals surface area contributed by atoms with Gasteiger partial charge in [-0.15, -0.1) is 11.3 Å². The number of fused-ring (bicyclic) bond motifs is 1. The number of nitrogens with zero attached hydrogens (tertiary/aromatic N) is 2. The zero-order chi connectivity index (χ0) is 22.0. The molecule has 1 unspecified atom stereocenters. The number of rotatable bonds is 6. The van der Waals surface area contributed by atoms with Gasteiger partial charge < -0.3 is 15.1 Å². The summed E-state index contributed by atoms with van der Waals surface area (Å²) in [6.45, 7) is 4.74. The highest BCUT2D eigenvalue weighted by Crippen LogP contribution is 2.31. The quantitative estimate of drug-likeness (QED) is 0.697. The molecule has 2 aromatic rings. The molecule has 1 saturated heterocycles. The molecular formula is C24H30ClN3O2S. The molecule has 1 fully saturated rings. The Labute approximate surface area is 193 Å². The Bertz CT molecular complexity index is 960. The molecule has 3 heterocycles. The Hall–Kier alpha value is -1.89. The van der Waals surface area contributed by atoms with Crippen molar-refractivity contribution >= 4 is 40.4 Å². The van der Waals surface area contributed by atoms with Gasteiger partial charge in [0.15, 0.2) is 0 Å². The number of likely N-dealkylation sites (N-methyl/N-ethyl adjacent to an activating group) is 1. The fourth-order valence-electron chi connectivity index (χ4n) is 4.58. The molecule has 2 atom stereocenters. The van der Waals surface area contributed by atoms with Crippen LogP contribution in [-0.2, 0) is 17.6 Å². The lowest BCUT2D eigenvalue weighted by Gasteiger charge is -2.19. The van der Waals surface area contributed by atoms with Crippen LogP contribution in [0, 0.1) is 5.92 Å². The van der Waals surface area contributed by atoms with Crippen molar-refractivity contribution in [3.8, 4) is 0 Å². The van der Waals surface area contributed by atoms with Crippen LogP contribution in [0.15, 0.2) is 30.3 Å². The van der Waals surface area contributed by atoms with Gasteiger partial charge in [0.05, 0.1) is 21.2 Å². The lowest BCUT2D eigenvalue weighted by Crippen LogP contribution is -2.40. The van der Waals surface area contributed by atoms with Crippen LogP contribution in [0.1, 0.15) is 47.0 Å². The molecule has 4 rings (SSSR count). The van der Waals surface area contributed by atoms with E-state index in [0.717, 1.165) is 50.9 Å². The summed E-state index contributed by atoms with van der Waals surface area (Å²) in [5, 5.41) is 3.12. The van der Waals surface area contributed by atoms with Gasteiger partial charge in [0.25, 0.3) is 5.91 Å². The highest BCUT2D eigenvalue weighted by atomic mass is 35.5. The van der Waals surface area contributed by atoms with Crippen molar-refractivity contribution in [2.75, 3.05) is 31.6 Å². The number of thiophene rings is 1. The summed E-state index contributed by atoms with van der Waals surface area (Å²) in [4.78, 5) is 30.9. The van der Waals surface area contributed by atoms with Crippen LogP contribution in [0.3, 0.4) is 0 Å². The Morgan fingerprint density at radius 2 is 1.97 bits per heavy atom. The highest BCUT2D eigenvalue weighted by Gasteiger charge is 2.41. The van der Waals surface area contributed by atoms with E-state index in [4.69, 9.17) is 11.6 Å². The maximum absolute atomic E-state index is 13.4. The lowest BCUT2D eigenvalue weighted by molar-refractivity contribution is -0.120. The number of carbonyl (C=O) groups is 2. The second-order valence-electron chi connectivity index (χ2n) is 8.64. The van der Waals surface area contributed by atoms with Crippen LogP contribution in [0.25, 0.3) is 0 Å². The van der Waals surface area contributed by atoms with E-state index in [1.165, 1.54) is 22.5 Å². The molecule has 0 saturated carbocycles. The summed E-state index contributed by atoms with van der Waals surface area (Å²) in [7, 11) is 2.16. The summed E-state index contributed by atoms with van der Waals surface area (Å²) in [5.41, 5.74) is 3.66. The standard InChI is InChI=1S/C24H30ClN3O2S/c1-3-4-5-19-20(26-23(29)21-8-9-22(25)31-21)15-28(24(19)30)18-7-6-16-10-12-27(2)13-11-17(16)14-18/h6-9,14,19-20H,3-5,10-13,15H2,1-2H3,(H,26,29)/t19?,20-/m0/s1. The van der Waals surface area contributed by atoms with E-state index >= 15 is 0 Å². The first-order valence-electron chi connectivity index (χ1n) is 11.1. The fourth-order valence-corrected chi connectivity index (χ4v) is 5.53. The van der Waals surface area contributed by atoms with Crippen LogP contribution in [0.5, 0.6) is 0 Å². The first-order valence-corrected chi connectivity index (χ1v) is 12.3. The van der Waals surface area contributed by atoms with Crippen LogP contribution in [0.2, 0.25) is 4.34 Å². The van der Waals surface area contributed by atoms with E-state index in [1.807, 2.05) is 4.90 Å². The number of benzene rings is 1. The fraction of sp³-hybridized carbons (Fsp3) is 0.500. The average molecular weight is 460 g/mol. The molecule has 0 radical (unpaired) electrons. The third-order valence-electron chi connectivity index (χ3n) is 6.46. The zero-order valence-electron chi connectivity index (χ0n) is 18.2. The summed E-state index contributed by atoms with van der Waals surface area (Å²) < 4.78 is 0.590. The van der Waals surface area contributed by atoms with E-state index in [-0.39, 0.29) is 23.8 Å². The molecule has 0 bridgehead atoms. The SMILES string of the molecule is CCCCC1C(=O)N(c2ccc3c(c2)CCN(C)CC3)C[C@@H]1NC(=O)c1ccc(Cl)s1. The first-order chi connectivity index (χ1) is 15.0. The number of anilines is 1. The Kier molecular flexibility index (Phi) is 6.99. The van der Waals surface area contributed by atoms with E-state index < -0.39 is 0 Å². The van der Waals surface area contributed by atoms with Crippen LogP contribution >= 0.6 is 22.9 Å². The maximum Gasteiger partial charge on any atom is 0.261 e. The van der Waals surface area contributed by atoms with Crippen molar-refractivity contribution < 1.29 is 9.59 Å². The molecule has 5 nitrogen and oxygen atoms in total. The van der Waals surface area contributed by atoms with E-state index in [0.29, 0.717) is 15.8 Å². The number of hydrogen-bond acceptors (Lipinski definition) is 4. The summed E-state index contributed by atoms with van der Waals surface area (Å²) >= 11 is 7.26. The van der Waals surface area contributed by atoms with Gasteiger partial charge in [-0.2, -0.15) is 0 Å². The molecule has 2 aliphatic rings. The molecule has 166 valence electrons. The smallest absolute Gasteiger partial charge is 0.261 e. The van der Waals surface area contributed by atoms with Gasteiger partial charge in [0.2, 0.25) is 5.91 Å². The summed E-state index contributed by atoms with van der Waals surface area (Å²) in [5.74, 6) is -0.221. The summed E-state index contributed by atoms with van der Waals surface area (Å²) in [6, 6.07) is 9.71. The first kappa shape index (κ1) is 22.3. The topological polar surface area (TPSA) is 52.7 Å². The van der Waals surface area contributed by atoms with Gasteiger partial charge in [0.1, 0.15) is 0 Å². The number of hydrogen-bond donors (Lipinski definition) is 1. The molecular weight excluding hydrogens is 430 g/mol. The van der Waals surface area contributed by atoms with Gasteiger partial charge in [-0.05, 0) is 61.7 Å². The predicted molar refractivity (Wildman–Crippen MR) is 127 cm³/mol. The molecule has 1 aromatic heterocycles. The number of nitrogens with one attached hydrogen (secondary N) is 1. The molecule has 1 aromatic carbocycles. The van der Waals surface area contributed by atoms with Gasteiger partial charge in [0, 0.05) is 25.3 Å². The van der Waals surface area contributed by atoms with E-state index in [2.05, 4.69) is 42.4 Å². The second-order valence-corrected chi connectivity index (χ2v) is 10.4. The van der Waals surface area contributed by atoms with Crippen molar-refractivity contribution in [1.29, 1.82) is 0 Å². The van der Waals surface area contributed by atoms with Crippen LogP contribution in [-0.4, -0.2) is 49.4 Å². The minimum Gasteiger partial charge on any atom is -0.346 e. The Morgan fingerprint density at radius 3 is 2.68 bits per heavy atom. The average Bonchev–Trinajstić information content (AvgIpc) is 3.26. The van der Waals surface area contributed by atoms with Gasteiger partial charge in [-0.3, -0.25) is 9.59 Å². The van der Waals surface area contributed by atoms with Crippen LogP contribution in [0.4, 0.5) is 5.69 Å². The molecule has 0 spiro atoms. The third kappa shape index (κ3) is 4.97. The molecule has 2 amide bonds. The molecule has 0 aliphatic carbocycles. The highest BCUT2D eigenvalue weighted by molar-refractivity contribution is 7.18.